The van der Waals surface area contributed by atoms with Crippen LogP contribution in [0.3, 0.4) is 0 Å². The largest absolute Gasteiger partial charge is 0.377 e. The Morgan fingerprint density at radius 3 is 2.83 bits per heavy atom. The predicted octanol–water partition coefficient (Wildman–Crippen LogP) is 1.40. The van der Waals surface area contributed by atoms with Gasteiger partial charge < -0.3 is 15.0 Å². The van der Waals surface area contributed by atoms with Gasteiger partial charge in [0.1, 0.15) is 0 Å². The van der Waals surface area contributed by atoms with E-state index in [0.29, 0.717) is 11.9 Å². The average molecular weight is 254 g/mol. The Kier molecular flexibility index (Phi) is 5.01. The fourth-order valence-electron chi connectivity index (χ4n) is 3.12. The van der Waals surface area contributed by atoms with E-state index in [9.17, 15) is 4.79 Å². The number of carbonyl (C=O) groups is 1. The molecule has 2 rings (SSSR count). The number of nitrogens with one attached hydrogen (secondary N) is 1. The van der Waals surface area contributed by atoms with Crippen molar-refractivity contribution in [1.82, 2.24) is 10.2 Å². The normalized spacial score (nSPS) is 31.8. The lowest BCUT2D eigenvalue weighted by atomic mass is 9.97. The molecule has 0 radical (unpaired) electrons. The maximum Gasteiger partial charge on any atom is 0.228 e. The summed E-state index contributed by atoms with van der Waals surface area (Å²) >= 11 is 0. The first-order chi connectivity index (χ1) is 8.76. The number of rotatable bonds is 5. The van der Waals surface area contributed by atoms with Crippen LogP contribution in [0.4, 0.5) is 0 Å². The van der Waals surface area contributed by atoms with Crippen LogP contribution in [-0.4, -0.2) is 49.2 Å². The molecule has 0 bridgehead atoms. The van der Waals surface area contributed by atoms with E-state index in [0.717, 1.165) is 39.1 Å². The van der Waals surface area contributed by atoms with Gasteiger partial charge in [-0.3, -0.25) is 4.79 Å². The first-order valence-corrected chi connectivity index (χ1v) is 7.40. The van der Waals surface area contributed by atoms with Crippen molar-refractivity contribution in [3.8, 4) is 0 Å². The van der Waals surface area contributed by atoms with Crippen molar-refractivity contribution < 1.29 is 9.53 Å². The van der Waals surface area contributed by atoms with Crippen molar-refractivity contribution in [3.63, 3.8) is 0 Å². The lowest BCUT2D eigenvalue weighted by molar-refractivity contribution is -0.137. The highest BCUT2D eigenvalue weighted by Gasteiger charge is 2.35. The quantitative estimate of drug-likeness (QED) is 0.806. The van der Waals surface area contributed by atoms with Crippen LogP contribution in [0.15, 0.2) is 0 Å². The van der Waals surface area contributed by atoms with Gasteiger partial charge in [0.15, 0.2) is 0 Å². The first kappa shape index (κ1) is 13.8. The van der Waals surface area contributed by atoms with E-state index in [1.807, 2.05) is 4.90 Å². The second-order valence-electron chi connectivity index (χ2n) is 5.38. The third kappa shape index (κ3) is 3.04. The van der Waals surface area contributed by atoms with E-state index >= 15 is 0 Å². The molecule has 0 saturated carbocycles. The summed E-state index contributed by atoms with van der Waals surface area (Å²) in [6.45, 7) is 7.69. The molecule has 2 aliphatic heterocycles. The maximum absolute atomic E-state index is 12.6. The van der Waals surface area contributed by atoms with E-state index in [2.05, 4.69) is 19.2 Å². The Bertz CT molecular complexity index is 277. The zero-order valence-electron chi connectivity index (χ0n) is 11.7. The van der Waals surface area contributed by atoms with E-state index in [-0.39, 0.29) is 12.0 Å². The molecule has 104 valence electrons. The van der Waals surface area contributed by atoms with Gasteiger partial charge in [0.2, 0.25) is 5.91 Å². The molecule has 3 atom stereocenters. The molecule has 0 spiro atoms. The molecule has 0 aliphatic carbocycles. The van der Waals surface area contributed by atoms with Gasteiger partial charge in [0.05, 0.1) is 12.0 Å². The molecule has 3 unspecified atom stereocenters. The molecule has 18 heavy (non-hydrogen) atoms. The Labute approximate surface area is 110 Å². The number of likely N-dealkylation sites (N-methyl/N-ethyl adjacent to an activating group) is 1. The number of carbonyl (C=O) groups excluding carboxylic acids is 1. The third-order valence-corrected chi connectivity index (χ3v) is 4.23. The molecule has 4 nitrogen and oxygen atoms in total. The molecule has 2 aliphatic rings. The van der Waals surface area contributed by atoms with Crippen LogP contribution in [0, 0.1) is 5.92 Å². The Balaban J connectivity index is 1.91. The van der Waals surface area contributed by atoms with Crippen LogP contribution in [0.2, 0.25) is 0 Å². The van der Waals surface area contributed by atoms with Crippen LogP contribution >= 0.6 is 0 Å². The lowest BCUT2D eigenvalue weighted by Crippen LogP contribution is -2.45. The predicted molar refractivity (Wildman–Crippen MR) is 71.4 cm³/mol. The minimum Gasteiger partial charge on any atom is -0.377 e. The van der Waals surface area contributed by atoms with Crippen LogP contribution in [0.5, 0.6) is 0 Å². The molecule has 1 amide bonds. The summed E-state index contributed by atoms with van der Waals surface area (Å²) in [5, 5.41) is 3.47. The zero-order chi connectivity index (χ0) is 13.0. The summed E-state index contributed by atoms with van der Waals surface area (Å²) in [7, 11) is 0. The second-order valence-corrected chi connectivity index (χ2v) is 5.38. The molecular weight excluding hydrogens is 228 g/mol. The van der Waals surface area contributed by atoms with Crippen LogP contribution in [0.1, 0.15) is 39.5 Å². The van der Waals surface area contributed by atoms with Gasteiger partial charge in [-0.15, -0.1) is 0 Å². The van der Waals surface area contributed by atoms with Gasteiger partial charge in [-0.05, 0) is 39.2 Å². The Morgan fingerprint density at radius 1 is 1.39 bits per heavy atom. The summed E-state index contributed by atoms with van der Waals surface area (Å²) in [6, 6.07) is 0.497. The first-order valence-electron chi connectivity index (χ1n) is 7.40. The summed E-state index contributed by atoms with van der Waals surface area (Å²) in [5.41, 5.74) is 0. The molecule has 2 saturated heterocycles. The van der Waals surface area contributed by atoms with E-state index in [1.54, 1.807) is 0 Å². The highest BCUT2D eigenvalue weighted by atomic mass is 16.5. The summed E-state index contributed by atoms with van der Waals surface area (Å²) in [4.78, 5) is 14.6. The van der Waals surface area contributed by atoms with Gasteiger partial charge in [0.25, 0.3) is 0 Å². The fraction of sp³-hybridized carbons (Fsp3) is 0.929. The average Bonchev–Trinajstić information content (AvgIpc) is 3.05. The lowest BCUT2D eigenvalue weighted by Gasteiger charge is -2.28. The van der Waals surface area contributed by atoms with Gasteiger partial charge in [-0.25, -0.2) is 0 Å². The number of amides is 1. The topological polar surface area (TPSA) is 41.6 Å². The van der Waals surface area contributed by atoms with E-state index < -0.39 is 0 Å². The maximum atomic E-state index is 12.6. The van der Waals surface area contributed by atoms with Crippen LogP contribution < -0.4 is 5.32 Å². The van der Waals surface area contributed by atoms with Crippen molar-refractivity contribution in [2.45, 2.75) is 51.7 Å². The third-order valence-electron chi connectivity index (χ3n) is 4.23. The number of hydrogen-bond donors (Lipinski definition) is 1. The smallest absolute Gasteiger partial charge is 0.228 e. The number of hydrogen-bond acceptors (Lipinski definition) is 3. The second kappa shape index (κ2) is 6.53. The molecule has 0 aromatic carbocycles. The molecule has 0 aromatic heterocycles. The number of ether oxygens (including phenoxy) is 1. The number of nitrogens with zero attached hydrogens (tertiary/aromatic N) is 1. The van der Waals surface area contributed by atoms with Crippen molar-refractivity contribution in [3.05, 3.63) is 0 Å². The standard InChI is InChI=1S/C14H26N2O2/c1-3-13-12(7-9-18-13)14(17)16(4-2)10-11-6-5-8-15-11/h11-13,15H,3-10H2,1-2H3. The molecule has 2 heterocycles. The molecule has 2 fully saturated rings. The fourth-order valence-corrected chi connectivity index (χ4v) is 3.12. The molecular formula is C14H26N2O2. The van der Waals surface area contributed by atoms with Gasteiger partial charge >= 0.3 is 0 Å². The highest BCUT2D eigenvalue weighted by molar-refractivity contribution is 5.79. The van der Waals surface area contributed by atoms with Crippen LogP contribution in [-0.2, 0) is 9.53 Å². The zero-order valence-corrected chi connectivity index (χ0v) is 11.7. The Morgan fingerprint density at radius 2 is 2.22 bits per heavy atom. The summed E-state index contributed by atoms with van der Waals surface area (Å²) in [5.74, 6) is 0.395. The summed E-state index contributed by atoms with van der Waals surface area (Å²) < 4.78 is 5.64. The van der Waals surface area contributed by atoms with Gasteiger partial charge in [0, 0.05) is 25.7 Å². The van der Waals surface area contributed by atoms with Gasteiger partial charge in [-0.1, -0.05) is 6.92 Å². The van der Waals surface area contributed by atoms with Crippen molar-refractivity contribution in [2.24, 2.45) is 5.92 Å². The van der Waals surface area contributed by atoms with E-state index in [1.165, 1.54) is 12.8 Å². The SMILES string of the molecule is CCC1OCCC1C(=O)N(CC)CC1CCCN1. The van der Waals surface area contributed by atoms with Crippen LogP contribution in [0.25, 0.3) is 0 Å². The molecule has 1 N–H and O–H groups in total. The molecule has 4 heteroatoms. The van der Waals surface area contributed by atoms with Crippen molar-refractivity contribution >= 4 is 5.91 Å². The van der Waals surface area contributed by atoms with E-state index in [4.69, 9.17) is 4.74 Å². The van der Waals surface area contributed by atoms with Gasteiger partial charge in [-0.2, -0.15) is 0 Å². The monoisotopic (exact) mass is 254 g/mol. The Hall–Kier alpha value is -0.610. The molecule has 0 aromatic rings. The highest BCUT2D eigenvalue weighted by Crippen LogP contribution is 2.25. The minimum absolute atomic E-state index is 0.0938. The van der Waals surface area contributed by atoms with Crippen molar-refractivity contribution in [1.29, 1.82) is 0 Å². The summed E-state index contributed by atoms with van der Waals surface area (Å²) in [6.07, 6.45) is 4.41. The van der Waals surface area contributed by atoms with Crippen molar-refractivity contribution in [2.75, 3.05) is 26.2 Å². The minimum atomic E-state index is 0.0938.